The Morgan fingerprint density at radius 3 is 2.70 bits per heavy atom. The Morgan fingerprint density at radius 1 is 1.14 bits per heavy atom. The van der Waals surface area contributed by atoms with Crippen molar-refractivity contribution < 1.29 is 14.3 Å². The molecule has 2 N–H and O–H groups in total. The number of carbonyl (C=O) groups excluding carboxylic acids is 1. The van der Waals surface area contributed by atoms with E-state index in [0.29, 0.717) is 51.8 Å². The Bertz CT molecular complexity index is 1590. The molecule has 4 aromatic heterocycles. The Labute approximate surface area is 218 Å². The molecule has 188 valence electrons. The number of hydrogen-bond donors (Lipinski definition) is 2. The number of aromatic nitrogens is 7. The summed E-state index contributed by atoms with van der Waals surface area (Å²) in [4.78, 5) is 27.3. The average Bonchev–Trinajstić information content (AvgIpc) is 3.63. The third-order valence-corrected chi connectivity index (χ3v) is 7.44. The molecule has 6 rings (SSSR count). The number of aliphatic hydroxyl groups is 1. The number of imidazole rings is 1. The Balaban J connectivity index is 1.42. The molecule has 0 bridgehead atoms. The summed E-state index contributed by atoms with van der Waals surface area (Å²) in [6, 6.07) is 7.57. The average molecular weight is 539 g/mol. The van der Waals surface area contributed by atoms with Crippen molar-refractivity contribution >= 4 is 39.9 Å². The SMILES string of the molecule is O=C(N[C@@H]1C[C@@H](O)C[C@H](n2c(-c3ccccc3F)nc3cnc(-n4nccn4)cc32)C1)c1ncc(Cl)s1. The first-order valence-corrected chi connectivity index (χ1v) is 12.8. The molecule has 0 radical (unpaired) electrons. The van der Waals surface area contributed by atoms with Gasteiger partial charge in [-0.05, 0) is 31.4 Å². The Hall–Kier alpha value is -3.74. The second-order valence-corrected chi connectivity index (χ2v) is 10.5. The van der Waals surface area contributed by atoms with Gasteiger partial charge in [-0.2, -0.15) is 10.2 Å². The van der Waals surface area contributed by atoms with Crippen molar-refractivity contribution in [2.24, 2.45) is 0 Å². The lowest BCUT2D eigenvalue weighted by atomic mass is 9.88. The number of carbonyl (C=O) groups is 1. The van der Waals surface area contributed by atoms with Gasteiger partial charge in [0.1, 0.15) is 21.5 Å². The third kappa shape index (κ3) is 4.59. The molecule has 37 heavy (non-hydrogen) atoms. The number of thiazole rings is 1. The summed E-state index contributed by atoms with van der Waals surface area (Å²) >= 11 is 7.02. The molecule has 0 unspecified atom stereocenters. The molecule has 0 aliphatic heterocycles. The molecule has 1 saturated carbocycles. The molecular weight excluding hydrogens is 519 g/mol. The second-order valence-electron chi connectivity index (χ2n) is 8.79. The van der Waals surface area contributed by atoms with Crippen molar-refractivity contribution in [1.82, 2.24) is 39.8 Å². The van der Waals surface area contributed by atoms with Crippen LogP contribution in [-0.2, 0) is 0 Å². The summed E-state index contributed by atoms with van der Waals surface area (Å²) in [5.74, 6) is 0.121. The molecule has 1 aliphatic rings. The molecule has 10 nitrogen and oxygen atoms in total. The van der Waals surface area contributed by atoms with E-state index in [1.54, 1.807) is 42.9 Å². The first-order valence-electron chi connectivity index (χ1n) is 11.6. The third-order valence-electron chi connectivity index (χ3n) is 6.33. The fraction of sp³-hybridized carbons (Fsp3) is 0.250. The zero-order valence-corrected chi connectivity index (χ0v) is 20.8. The number of nitrogens with zero attached hydrogens (tertiary/aromatic N) is 7. The number of nitrogens with one attached hydrogen (secondary N) is 1. The van der Waals surface area contributed by atoms with Crippen LogP contribution in [0.15, 0.2) is 55.1 Å². The maximum absolute atomic E-state index is 15.0. The fourth-order valence-electron chi connectivity index (χ4n) is 4.83. The van der Waals surface area contributed by atoms with E-state index in [0.717, 1.165) is 11.3 Å². The van der Waals surface area contributed by atoms with Crippen LogP contribution >= 0.6 is 22.9 Å². The molecule has 1 amide bonds. The molecule has 0 saturated heterocycles. The van der Waals surface area contributed by atoms with E-state index in [1.807, 2.05) is 4.57 Å². The van der Waals surface area contributed by atoms with Gasteiger partial charge in [0.2, 0.25) is 0 Å². The zero-order chi connectivity index (χ0) is 25.5. The van der Waals surface area contributed by atoms with Crippen LogP contribution in [0.3, 0.4) is 0 Å². The highest BCUT2D eigenvalue weighted by Crippen LogP contribution is 2.37. The predicted molar refractivity (Wildman–Crippen MR) is 135 cm³/mol. The quantitative estimate of drug-likeness (QED) is 0.348. The van der Waals surface area contributed by atoms with E-state index in [4.69, 9.17) is 16.6 Å². The maximum atomic E-state index is 15.0. The van der Waals surface area contributed by atoms with E-state index in [1.165, 1.54) is 17.1 Å². The van der Waals surface area contributed by atoms with Crippen LogP contribution in [0.25, 0.3) is 28.2 Å². The molecule has 5 aromatic rings. The van der Waals surface area contributed by atoms with Gasteiger partial charge in [-0.1, -0.05) is 35.1 Å². The zero-order valence-electron chi connectivity index (χ0n) is 19.2. The second kappa shape index (κ2) is 9.61. The van der Waals surface area contributed by atoms with Crippen LogP contribution in [-0.4, -0.2) is 57.7 Å². The monoisotopic (exact) mass is 538 g/mol. The Kier molecular flexibility index (Phi) is 6.14. The first-order chi connectivity index (χ1) is 18.0. The van der Waals surface area contributed by atoms with E-state index in [2.05, 4.69) is 25.5 Å². The lowest BCUT2D eigenvalue weighted by Crippen LogP contribution is -2.43. The maximum Gasteiger partial charge on any atom is 0.280 e. The van der Waals surface area contributed by atoms with Gasteiger partial charge in [-0.15, -0.1) is 4.80 Å². The number of halogens is 2. The minimum atomic E-state index is -0.691. The van der Waals surface area contributed by atoms with Crippen LogP contribution in [0.5, 0.6) is 0 Å². The van der Waals surface area contributed by atoms with Gasteiger partial charge in [-0.3, -0.25) is 4.79 Å². The van der Waals surface area contributed by atoms with Gasteiger partial charge in [0.25, 0.3) is 5.91 Å². The number of hydrogen-bond acceptors (Lipinski definition) is 8. The van der Waals surface area contributed by atoms with Gasteiger partial charge >= 0.3 is 0 Å². The van der Waals surface area contributed by atoms with Crippen molar-refractivity contribution in [2.75, 3.05) is 0 Å². The van der Waals surface area contributed by atoms with Crippen LogP contribution < -0.4 is 5.32 Å². The summed E-state index contributed by atoms with van der Waals surface area (Å²) in [5, 5.41) is 22.3. The van der Waals surface area contributed by atoms with Crippen molar-refractivity contribution in [2.45, 2.75) is 37.5 Å². The van der Waals surface area contributed by atoms with E-state index >= 15 is 0 Å². The topological polar surface area (TPSA) is 124 Å². The summed E-state index contributed by atoms with van der Waals surface area (Å²) in [6.45, 7) is 0. The highest BCUT2D eigenvalue weighted by molar-refractivity contribution is 7.17. The number of fused-ring (bicyclic) bond motifs is 1. The van der Waals surface area contributed by atoms with Gasteiger partial charge in [0, 0.05) is 18.2 Å². The van der Waals surface area contributed by atoms with Crippen LogP contribution in [0.2, 0.25) is 4.34 Å². The molecule has 13 heteroatoms. The summed E-state index contributed by atoms with van der Waals surface area (Å²) in [6.07, 6.45) is 6.71. The van der Waals surface area contributed by atoms with Crippen molar-refractivity contribution in [3.8, 4) is 17.2 Å². The number of rotatable bonds is 5. The summed E-state index contributed by atoms with van der Waals surface area (Å²) < 4.78 is 17.3. The lowest BCUT2D eigenvalue weighted by molar-refractivity contribution is 0.0747. The van der Waals surface area contributed by atoms with E-state index in [9.17, 15) is 14.3 Å². The van der Waals surface area contributed by atoms with Gasteiger partial charge < -0.3 is 15.0 Å². The van der Waals surface area contributed by atoms with Crippen molar-refractivity contribution in [3.63, 3.8) is 0 Å². The minimum Gasteiger partial charge on any atom is -0.393 e. The highest BCUT2D eigenvalue weighted by Gasteiger charge is 2.33. The molecule has 4 heterocycles. The fourth-order valence-corrected chi connectivity index (χ4v) is 5.64. The van der Waals surface area contributed by atoms with Gasteiger partial charge in [0.15, 0.2) is 10.8 Å². The van der Waals surface area contributed by atoms with Crippen LogP contribution in [0.4, 0.5) is 4.39 Å². The first kappa shape index (κ1) is 23.6. The van der Waals surface area contributed by atoms with E-state index < -0.39 is 11.9 Å². The number of amides is 1. The number of pyridine rings is 1. The molecule has 1 fully saturated rings. The molecular formula is C24H20ClFN8O2S. The highest BCUT2D eigenvalue weighted by atomic mass is 35.5. The number of benzene rings is 1. The van der Waals surface area contributed by atoms with E-state index in [-0.39, 0.29) is 23.0 Å². The number of aliphatic hydroxyl groups excluding tert-OH is 1. The molecule has 1 aromatic carbocycles. The largest absolute Gasteiger partial charge is 0.393 e. The standard InChI is InChI=1S/C24H20ClFN8O2S/c25-20-12-28-24(37-20)23(36)31-13-7-14(9-15(35)8-13)33-19-10-21(34-29-5-6-30-34)27-11-18(19)32-22(33)16-3-1-2-4-17(16)26/h1-6,10-15,35H,7-9H2,(H,31,36)/t13-,14+,15+/m0/s1. The normalized spacial score (nSPS) is 19.8. The van der Waals surface area contributed by atoms with Crippen molar-refractivity contribution in [3.05, 3.63) is 70.3 Å². The molecule has 1 aliphatic carbocycles. The Morgan fingerprint density at radius 2 is 1.95 bits per heavy atom. The lowest BCUT2D eigenvalue weighted by Gasteiger charge is -2.34. The van der Waals surface area contributed by atoms with Crippen LogP contribution in [0, 0.1) is 5.82 Å². The van der Waals surface area contributed by atoms with Crippen molar-refractivity contribution in [1.29, 1.82) is 0 Å². The van der Waals surface area contributed by atoms with Gasteiger partial charge in [0.05, 0.1) is 42.0 Å². The molecule has 0 spiro atoms. The summed E-state index contributed by atoms with van der Waals surface area (Å²) in [7, 11) is 0. The predicted octanol–water partition coefficient (Wildman–Crippen LogP) is 3.81. The summed E-state index contributed by atoms with van der Waals surface area (Å²) in [5.41, 5.74) is 1.58. The smallest absolute Gasteiger partial charge is 0.280 e. The molecule has 3 atom stereocenters. The van der Waals surface area contributed by atoms with Crippen LogP contribution in [0.1, 0.15) is 35.1 Å². The van der Waals surface area contributed by atoms with Gasteiger partial charge in [-0.25, -0.2) is 19.3 Å². The minimum absolute atomic E-state index is 0.254.